The summed E-state index contributed by atoms with van der Waals surface area (Å²) in [6.07, 6.45) is -0.722. The van der Waals surface area contributed by atoms with Crippen molar-refractivity contribution in [3.05, 3.63) is 58.4 Å². The maximum Gasteiger partial charge on any atom is 0.126 e. The highest BCUT2D eigenvalue weighted by Gasteiger charge is 2.13. The number of aliphatic hydroxyl groups is 1. The molecule has 0 spiro atoms. The van der Waals surface area contributed by atoms with E-state index in [1.165, 1.54) is 17.8 Å². The van der Waals surface area contributed by atoms with Crippen LogP contribution in [0, 0.1) is 12.7 Å². The first kappa shape index (κ1) is 14.4. The highest BCUT2D eigenvalue weighted by Crippen LogP contribution is 2.37. The first-order chi connectivity index (χ1) is 8.99. The predicted octanol–water partition coefficient (Wildman–Crippen LogP) is 4.99. The van der Waals surface area contributed by atoms with E-state index in [-0.39, 0.29) is 5.82 Å². The van der Waals surface area contributed by atoms with Crippen molar-refractivity contribution in [2.24, 2.45) is 0 Å². The quantitative estimate of drug-likeness (QED) is 0.861. The molecule has 2 aromatic carbocycles. The van der Waals surface area contributed by atoms with Gasteiger partial charge < -0.3 is 5.11 Å². The lowest BCUT2D eigenvalue weighted by Gasteiger charge is -2.14. The first-order valence-corrected chi connectivity index (χ1v) is 7.09. The summed E-state index contributed by atoms with van der Waals surface area (Å²) in [4.78, 5) is 1.71. The zero-order chi connectivity index (χ0) is 14.0. The van der Waals surface area contributed by atoms with Gasteiger partial charge in [-0.1, -0.05) is 35.5 Å². The number of aryl methyl sites for hydroxylation is 1. The van der Waals surface area contributed by atoms with E-state index >= 15 is 0 Å². The van der Waals surface area contributed by atoms with E-state index in [1.807, 2.05) is 24.3 Å². The number of hydrogen-bond donors (Lipinski definition) is 1. The van der Waals surface area contributed by atoms with Crippen LogP contribution in [-0.4, -0.2) is 5.11 Å². The van der Waals surface area contributed by atoms with E-state index < -0.39 is 6.10 Å². The third-order valence-corrected chi connectivity index (χ3v) is 4.39. The van der Waals surface area contributed by atoms with Gasteiger partial charge in [0.2, 0.25) is 0 Å². The van der Waals surface area contributed by atoms with Gasteiger partial charge in [0.25, 0.3) is 0 Å². The number of halogens is 2. The van der Waals surface area contributed by atoms with Crippen LogP contribution in [-0.2, 0) is 0 Å². The average Bonchev–Trinajstić information content (AvgIpc) is 2.36. The fraction of sp³-hybridized carbons (Fsp3) is 0.200. The third-order valence-electron chi connectivity index (χ3n) is 2.80. The van der Waals surface area contributed by atoms with Crippen molar-refractivity contribution in [3.8, 4) is 0 Å². The van der Waals surface area contributed by atoms with E-state index in [9.17, 15) is 9.50 Å². The number of rotatable bonds is 3. The van der Waals surface area contributed by atoms with Crippen LogP contribution in [0.1, 0.15) is 24.2 Å². The Labute approximate surface area is 121 Å². The molecule has 19 heavy (non-hydrogen) atoms. The molecule has 1 atom stereocenters. The number of hydrogen-bond acceptors (Lipinski definition) is 2. The molecule has 2 aromatic rings. The molecule has 0 unspecified atom stereocenters. The van der Waals surface area contributed by atoms with Gasteiger partial charge >= 0.3 is 0 Å². The van der Waals surface area contributed by atoms with Crippen LogP contribution >= 0.6 is 23.4 Å². The van der Waals surface area contributed by atoms with Gasteiger partial charge in [-0.2, -0.15) is 0 Å². The molecule has 1 N–H and O–H groups in total. The summed E-state index contributed by atoms with van der Waals surface area (Å²) in [7, 11) is 0. The van der Waals surface area contributed by atoms with Crippen LogP contribution in [0.5, 0.6) is 0 Å². The van der Waals surface area contributed by atoms with E-state index in [0.717, 1.165) is 9.79 Å². The minimum absolute atomic E-state index is 0.306. The zero-order valence-electron chi connectivity index (χ0n) is 10.7. The normalized spacial score (nSPS) is 12.5. The molecule has 4 heteroatoms. The van der Waals surface area contributed by atoms with Crippen LogP contribution in [0.4, 0.5) is 4.39 Å². The van der Waals surface area contributed by atoms with Crippen molar-refractivity contribution in [2.75, 3.05) is 0 Å². The summed E-state index contributed by atoms with van der Waals surface area (Å²) in [5, 5.41) is 10.4. The Balaban J connectivity index is 2.45. The molecule has 1 nitrogen and oxygen atoms in total. The Morgan fingerprint density at radius 2 is 1.89 bits per heavy atom. The molecule has 0 fully saturated rings. The van der Waals surface area contributed by atoms with Gasteiger partial charge in [-0.05, 0) is 49.2 Å². The second-order valence-corrected chi connectivity index (χ2v) is 5.84. The fourth-order valence-corrected chi connectivity index (χ4v) is 3.11. The summed E-state index contributed by atoms with van der Waals surface area (Å²) in [5.41, 5.74) is 1.13. The molecule has 100 valence electrons. The predicted molar refractivity (Wildman–Crippen MR) is 77.3 cm³/mol. The molecule has 0 radical (unpaired) electrons. The molecular formula is C15H14ClFOS. The minimum atomic E-state index is -0.722. The van der Waals surface area contributed by atoms with Gasteiger partial charge in [-0.25, -0.2) is 4.39 Å². The molecule has 0 heterocycles. The highest BCUT2D eigenvalue weighted by molar-refractivity contribution is 7.99. The summed E-state index contributed by atoms with van der Waals surface area (Å²) >= 11 is 7.55. The SMILES string of the molecule is Cc1cc(Sc2ccccc2Cl)c([C@H](C)O)cc1F. The molecular weight excluding hydrogens is 283 g/mol. The van der Waals surface area contributed by atoms with Crippen molar-refractivity contribution >= 4 is 23.4 Å². The van der Waals surface area contributed by atoms with E-state index in [2.05, 4.69) is 0 Å². The molecule has 0 amide bonds. The zero-order valence-corrected chi connectivity index (χ0v) is 12.2. The Hall–Kier alpha value is -1.03. The minimum Gasteiger partial charge on any atom is -0.389 e. The van der Waals surface area contributed by atoms with Gasteiger partial charge in [-0.15, -0.1) is 0 Å². The second-order valence-electron chi connectivity index (χ2n) is 4.35. The van der Waals surface area contributed by atoms with Crippen molar-refractivity contribution in [1.82, 2.24) is 0 Å². The molecule has 0 saturated heterocycles. The average molecular weight is 297 g/mol. The Morgan fingerprint density at radius 1 is 1.21 bits per heavy atom. The molecule has 0 aliphatic heterocycles. The first-order valence-electron chi connectivity index (χ1n) is 5.89. The smallest absolute Gasteiger partial charge is 0.126 e. The van der Waals surface area contributed by atoms with Crippen molar-refractivity contribution in [1.29, 1.82) is 0 Å². The number of aliphatic hydroxyl groups excluding tert-OH is 1. The topological polar surface area (TPSA) is 20.2 Å². The van der Waals surface area contributed by atoms with Crippen LogP contribution in [0.15, 0.2) is 46.2 Å². The van der Waals surface area contributed by atoms with Crippen LogP contribution in [0.2, 0.25) is 5.02 Å². The van der Waals surface area contributed by atoms with Crippen LogP contribution in [0.25, 0.3) is 0 Å². The lowest BCUT2D eigenvalue weighted by molar-refractivity contribution is 0.196. The van der Waals surface area contributed by atoms with Gasteiger partial charge in [0, 0.05) is 9.79 Å². The van der Waals surface area contributed by atoms with Crippen molar-refractivity contribution in [3.63, 3.8) is 0 Å². The lowest BCUT2D eigenvalue weighted by atomic mass is 10.1. The maximum absolute atomic E-state index is 13.6. The second kappa shape index (κ2) is 5.95. The summed E-state index contributed by atoms with van der Waals surface area (Å²) in [5.74, 6) is -0.306. The van der Waals surface area contributed by atoms with E-state index in [1.54, 1.807) is 19.9 Å². The van der Waals surface area contributed by atoms with Crippen molar-refractivity contribution < 1.29 is 9.50 Å². The van der Waals surface area contributed by atoms with Gasteiger partial charge in [-0.3, -0.25) is 0 Å². The van der Waals surface area contributed by atoms with Gasteiger partial charge in [0.1, 0.15) is 5.82 Å². The number of benzene rings is 2. The van der Waals surface area contributed by atoms with E-state index in [4.69, 9.17) is 11.6 Å². The van der Waals surface area contributed by atoms with Gasteiger partial charge in [0.05, 0.1) is 11.1 Å². The standard InChI is InChI=1S/C15H14ClFOS/c1-9-7-15(11(10(2)18)8-13(9)17)19-14-6-4-3-5-12(14)16/h3-8,10,18H,1-2H3/t10-/m0/s1. The molecule has 0 aromatic heterocycles. The molecule has 0 aliphatic rings. The Bertz CT molecular complexity index is 599. The van der Waals surface area contributed by atoms with Gasteiger partial charge in [0.15, 0.2) is 0 Å². The van der Waals surface area contributed by atoms with Crippen LogP contribution in [0.3, 0.4) is 0 Å². The molecule has 0 aliphatic carbocycles. The largest absolute Gasteiger partial charge is 0.389 e. The monoisotopic (exact) mass is 296 g/mol. The summed E-state index contributed by atoms with van der Waals surface area (Å²) in [6.45, 7) is 3.33. The molecule has 0 saturated carbocycles. The lowest BCUT2D eigenvalue weighted by Crippen LogP contribution is -1.97. The maximum atomic E-state index is 13.6. The fourth-order valence-electron chi connectivity index (χ4n) is 1.73. The highest BCUT2D eigenvalue weighted by atomic mass is 35.5. The molecule has 0 bridgehead atoms. The molecule has 2 rings (SSSR count). The van der Waals surface area contributed by atoms with Crippen molar-refractivity contribution in [2.45, 2.75) is 29.7 Å². The van der Waals surface area contributed by atoms with Crippen LogP contribution < -0.4 is 0 Å². The third kappa shape index (κ3) is 3.30. The Morgan fingerprint density at radius 3 is 2.53 bits per heavy atom. The Kier molecular flexibility index (Phi) is 4.50. The van der Waals surface area contributed by atoms with E-state index in [0.29, 0.717) is 16.1 Å². The summed E-state index contributed by atoms with van der Waals surface area (Å²) < 4.78 is 13.6. The summed E-state index contributed by atoms with van der Waals surface area (Å²) in [6, 6.07) is 10.6.